The minimum atomic E-state index is 0.0361. The molecule has 19 heavy (non-hydrogen) atoms. The molecule has 1 amide bonds. The van der Waals surface area contributed by atoms with Crippen LogP contribution in [0.2, 0.25) is 0 Å². The summed E-state index contributed by atoms with van der Waals surface area (Å²) in [6.45, 7) is 5.92. The maximum atomic E-state index is 12.4. The molecule has 1 fully saturated rings. The molecule has 1 saturated heterocycles. The second kappa shape index (κ2) is 6.66. The number of aromatic nitrogens is 1. The Morgan fingerprint density at radius 1 is 1.37 bits per heavy atom. The van der Waals surface area contributed by atoms with Crippen LogP contribution in [-0.4, -0.2) is 53.9 Å². The molecule has 2 rings (SSSR count). The fraction of sp³-hybridized carbons (Fsp3) is 0.600. The van der Waals surface area contributed by atoms with E-state index in [-0.39, 0.29) is 11.8 Å². The summed E-state index contributed by atoms with van der Waals surface area (Å²) in [6.07, 6.45) is 3.67. The summed E-state index contributed by atoms with van der Waals surface area (Å²) in [5, 5.41) is 0. The molecule has 4 nitrogen and oxygen atoms in total. The topological polar surface area (TPSA) is 36.4 Å². The van der Waals surface area contributed by atoms with Crippen LogP contribution in [-0.2, 0) is 11.2 Å². The Morgan fingerprint density at radius 3 is 2.89 bits per heavy atom. The highest BCUT2D eigenvalue weighted by atomic mass is 16.2. The van der Waals surface area contributed by atoms with E-state index in [2.05, 4.69) is 16.8 Å². The predicted octanol–water partition coefficient (Wildman–Crippen LogP) is 1.42. The summed E-state index contributed by atoms with van der Waals surface area (Å²) in [4.78, 5) is 21.0. The third-order valence-electron chi connectivity index (χ3n) is 3.68. The maximum absolute atomic E-state index is 12.4. The lowest BCUT2D eigenvalue weighted by Gasteiger charge is -2.22. The molecule has 1 aromatic heterocycles. The molecular formula is C15H23N3O. The zero-order valence-electron chi connectivity index (χ0n) is 11.9. The van der Waals surface area contributed by atoms with Crippen molar-refractivity contribution in [2.75, 3.05) is 33.2 Å². The molecule has 1 unspecified atom stereocenters. The minimum absolute atomic E-state index is 0.0361. The van der Waals surface area contributed by atoms with Gasteiger partial charge in [-0.2, -0.15) is 0 Å². The van der Waals surface area contributed by atoms with Gasteiger partial charge in [0.05, 0.1) is 5.92 Å². The highest BCUT2D eigenvalue weighted by Gasteiger charge is 2.28. The van der Waals surface area contributed by atoms with E-state index < -0.39 is 0 Å². The van der Waals surface area contributed by atoms with Gasteiger partial charge in [0.2, 0.25) is 5.91 Å². The molecule has 1 aliphatic heterocycles. The molecule has 1 atom stereocenters. The Kier molecular flexibility index (Phi) is 4.91. The molecule has 2 heterocycles. The summed E-state index contributed by atoms with van der Waals surface area (Å²) in [6, 6.07) is 5.90. The van der Waals surface area contributed by atoms with Gasteiger partial charge >= 0.3 is 0 Å². The molecule has 104 valence electrons. The number of amides is 1. The Hall–Kier alpha value is -1.42. The van der Waals surface area contributed by atoms with Gasteiger partial charge in [0.15, 0.2) is 0 Å². The minimum Gasteiger partial charge on any atom is -0.344 e. The van der Waals surface area contributed by atoms with Crippen LogP contribution >= 0.6 is 0 Å². The molecule has 0 N–H and O–H groups in total. The van der Waals surface area contributed by atoms with E-state index in [1.54, 1.807) is 6.20 Å². The molecule has 0 radical (unpaired) electrons. The van der Waals surface area contributed by atoms with Crippen LogP contribution in [0.4, 0.5) is 0 Å². The van der Waals surface area contributed by atoms with Gasteiger partial charge in [-0.1, -0.05) is 13.0 Å². The highest BCUT2D eigenvalue weighted by molar-refractivity contribution is 5.79. The van der Waals surface area contributed by atoms with Crippen LogP contribution in [0.15, 0.2) is 24.4 Å². The summed E-state index contributed by atoms with van der Waals surface area (Å²) < 4.78 is 0. The first-order chi connectivity index (χ1) is 9.20. The van der Waals surface area contributed by atoms with Gasteiger partial charge in [0.25, 0.3) is 0 Å². The van der Waals surface area contributed by atoms with Crippen LogP contribution in [0.5, 0.6) is 0 Å². The lowest BCUT2D eigenvalue weighted by Crippen LogP contribution is -2.35. The normalized spacial score (nSPS) is 21.5. The fourth-order valence-corrected chi connectivity index (χ4v) is 2.64. The van der Waals surface area contributed by atoms with E-state index in [0.717, 1.165) is 44.7 Å². The van der Waals surface area contributed by atoms with Crippen molar-refractivity contribution in [3.8, 4) is 0 Å². The molecule has 1 aromatic rings. The van der Waals surface area contributed by atoms with Gasteiger partial charge in [-0.05, 0) is 25.1 Å². The average molecular weight is 261 g/mol. The van der Waals surface area contributed by atoms with Crippen molar-refractivity contribution in [1.29, 1.82) is 0 Å². The highest BCUT2D eigenvalue weighted by Crippen LogP contribution is 2.15. The molecule has 0 saturated carbocycles. The van der Waals surface area contributed by atoms with Crippen LogP contribution in [0.25, 0.3) is 0 Å². The van der Waals surface area contributed by atoms with Crippen molar-refractivity contribution in [3.63, 3.8) is 0 Å². The Bertz CT molecular complexity index is 407. The van der Waals surface area contributed by atoms with Crippen LogP contribution in [0.3, 0.4) is 0 Å². The number of hydrogen-bond acceptors (Lipinski definition) is 3. The smallest absolute Gasteiger partial charge is 0.227 e. The van der Waals surface area contributed by atoms with Gasteiger partial charge in [-0.25, -0.2) is 0 Å². The first-order valence-electron chi connectivity index (χ1n) is 7.08. The van der Waals surface area contributed by atoms with Crippen molar-refractivity contribution < 1.29 is 4.79 Å². The van der Waals surface area contributed by atoms with Crippen molar-refractivity contribution >= 4 is 5.91 Å². The van der Waals surface area contributed by atoms with Gasteiger partial charge in [0.1, 0.15) is 0 Å². The zero-order chi connectivity index (χ0) is 13.7. The molecule has 0 aliphatic carbocycles. The SMILES string of the molecule is CCCN1CCN(C)C(=O)C(Cc2ccccn2)C1. The fourth-order valence-electron chi connectivity index (χ4n) is 2.64. The van der Waals surface area contributed by atoms with E-state index in [4.69, 9.17) is 0 Å². The van der Waals surface area contributed by atoms with Gasteiger partial charge < -0.3 is 9.80 Å². The first-order valence-corrected chi connectivity index (χ1v) is 7.08. The summed E-state index contributed by atoms with van der Waals surface area (Å²) >= 11 is 0. The number of pyridine rings is 1. The summed E-state index contributed by atoms with van der Waals surface area (Å²) in [5.74, 6) is 0.290. The number of carbonyl (C=O) groups is 1. The van der Waals surface area contributed by atoms with Gasteiger partial charge in [-0.15, -0.1) is 0 Å². The van der Waals surface area contributed by atoms with Crippen LogP contribution < -0.4 is 0 Å². The van der Waals surface area contributed by atoms with Crippen LogP contribution in [0, 0.1) is 5.92 Å². The number of rotatable bonds is 4. The van der Waals surface area contributed by atoms with Gasteiger partial charge in [-0.3, -0.25) is 9.78 Å². The van der Waals surface area contributed by atoms with Crippen molar-refractivity contribution in [2.45, 2.75) is 19.8 Å². The largest absolute Gasteiger partial charge is 0.344 e. The number of nitrogens with zero attached hydrogens (tertiary/aromatic N) is 3. The van der Waals surface area contributed by atoms with Gasteiger partial charge in [0, 0.05) is 45.0 Å². The molecule has 4 heteroatoms. The molecule has 0 bridgehead atoms. The second-order valence-electron chi connectivity index (χ2n) is 5.28. The van der Waals surface area contributed by atoms with Crippen molar-refractivity contribution in [1.82, 2.24) is 14.8 Å². The van der Waals surface area contributed by atoms with Crippen molar-refractivity contribution in [3.05, 3.63) is 30.1 Å². The van der Waals surface area contributed by atoms with Crippen LogP contribution in [0.1, 0.15) is 19.0 Å². The molecule has 0 spiro atoms. The third-order valence-corrected chi connectivity index (χ3v) is 3.68. The maximum Gasteiger partial charge on any atom is 0.227 e. The zero-order valence-corrected chi connectivity index (χ0v) is 11.9. The second-order valence-corrected chi connectivity index (χ2v) is 5.28. The molecule has 1 aliphatic rings. The average Bonchev–Trinajstić information content (AvgIpc) is 2.55. The molecular weight excluding hydrogens is 238 g/mol. The number of carbonyl (C=O) groups excluding carboxylic acids is 1. The monoisotopic (exact) mass is 261 g/mol. The molecule has 0 aromatic carbocycles. The Labute approximate surface area is 115 Å². The van der Waals surface area contributed by atoms with E-state index in [1.807, 2.05) is 30.1 Å². The third kappa shape index (κ3) is 3.77. The Balaban J connectivity index is 2.08. The van der Waals surface area contributed by atoms with E-state index in [1.165, 1.54) is 0 Å². The quantitative estimate of drug-likeness (QED) is 0.822. The summed E-state index contributed by atoms with van der Waals surface area (Å²) in [7, 11) is 1.91. The standard InChI is InChI=1S/C15H23N3O/c1-3-8-18-10-9-17(2)15(19)13(12-18)11-14-6-4-5-7-16-14/h4-7,13H,3,8-12H2,1-2H3. The lowest BCUT2D eigenvalue weighted by atomic mass is 10.0. The number of hydrogen-bond donors (Lipinski definition) is 0. The lowest BCUT2D eigenvalue weighted by molar-refractivity contribution is -0.133. The number of likely N-dealkylation sites (N-methyl/N-ethyl adjacent to an activating group) is 1. The summed E-state index contributed by atoms with van der Waals surface area (Å²) in [5.41, 5.74) is 1.01. The Morgan fingerprint density at radius 2 is 2.21 bits per heavy atom. The van der Waals surface area contributed by atoms with E-state index >= 15 is 0 Å². The van der Waals surface area contributed by atoms with Crippen molar-refractivity contribution in [2.24, 2.45) is 5.92 Å². The van der Waals surface area contributed by atoms with E-state index in [9.17, 15) is 4.79 Å². The first kappa shape index (κ1) is 14.0. The predicted molar refractivity (Wildman–Crippen MR) is 75.8 cm³/mol. The van der Waals surface area contributed by atoms with E-state index in [0.29, 0.717) is 0 Å².